The van der Waals surface area contributed by atoms with E-state index >= 15 is 0 Å². The summed E-state index contributed by atoms with van der Waals surface area (Å²) in [6, 6.07) is 55.5. The third-order valence-corrected chi connectivity index (χ3v) is 9.45. The van der Waals surface area contributed by atoms with Gasteiger partial charge in [0.2, 0.25) is 0 Å². The van der Waals surface area contributed by atoms with Crippen molar-refractivity contribution in [1.82, 2.24) is 9.97 Å². The largest absolute Gasteiger partial charge is 0.456 e. The number of hydrogen-bond donors (Lipinski definition) is 0. The number of nitrogens with zero attached hydrogens (tertiary/aromatic N) is 2. The minimum absolute atomic E-state index is 0.697. The van der Waals surface area contributed by atoms with Crippen LogP contribution in [0.4, 0.5) is 0 Å². The second-order valence-electron chi connectivity index (χ2n) is 12.2. The lowest BCUT2D eigenvalue weighted by Crippen LogP contribution is -1.99. The Balaban J connectivity index is 1.19. The molecule has 0 saturated heterocycles. The predicted octanol–water partition coefficient (Wildman–Crippen LogP) is 11.9. The van der Waals surface area contributed by atoms with E-state index in [1.807, 2.05) is 30.3 Å². The van der Waals surface area contributed by atoms with Gasteiger partial charge in [-0.15, -0.1) is 0 Å². The molecule has 0 bridgehead atoms. The first kappa shape index (κ1) is 26.0. The quantitative estimate of drug-likeness (QED) is 0.190. The smallest absolute Gasteiger partial charge is 0.160 e. The molecule has 47 heavy (non-hydrogen) atoms. The lowest BCUT2D eigenvalue weighted by atomic mass is 9.92. The normalized spacial score (nSPS) is 12.0. The molecule has 1 aromatic heterocycles. The lowest BCUT2D eigenvalue weighted by Gasteiger charge is -2.22. The summed E-state index contributed by atoms with van der Waals surface area (Å²) in [5.41, 5.74) is 7.04. The molecule has 0 spiro atoms. The molecule has 8 aromatic carbocycles. The van der Waals surface area contributed by atoms with Gasteiger partial charge in [0, 0.05) is 27.6 Å². The lowest BCUT2D eigenvalue weighted by molar-refractivity contribution is 0.487. The minimum atomic E-state index is 0.697. The van der Waals surface area contributed by atoms with Gasteiger partial charge in [-0.05, 0) is 79.7 Å². The highest BCUT2D eigenvalue weighted by molar-refractivity contribution is 6.25. The zero-order valence-corrected chi connectivity index (χ0v) is 25.3. The molecule has 0 N–H and O–H groups in total. The highest BCUT2D eigenvalue weighted by Gasteiger charge is 2.21. The van der Waals surface area contributed by atoms with Crippen molar-refractivity contribution >= 4 is 43.1 Å². The fourth-order valence-electron chi connectivity index (χ4n) is 7.25. The minimum Gasteiger partial charge on any atom is -0.456 e. The topological polar surface area (TPSA) is 35.0 Å². The van der Waals surface area contributed by atoms with Crippen molar-refractivity contribution in [3.8, 4) is 56.5 Å². The summed E-state index contributed by atoms with van der Waals surface area (Å²) in [5.74, 6) is 2.44. The SMILES string of the molecule is c1ccc(-c2nc(-c3ccc4c(c3)-c3cccc5cccc(c35)O4)cc(-c3ccc4c5ccccc5c5ccccc5c4c3)n2)cc1. The Morgan fingerprint density at radius 3 is 1.68 bits per heavy atom. The highest BCUT2D eigenvalue weighted by Crippen LogP contribution is 2.47. The summed E-state index contributed by atoms with van der Waals surface area (Å²) in [6.45, 7) is 0. The van der Waals surface area contributed by atoms with Crippen LogP contribution in [0.15, 0.2) is 158 Å². The molecule has 218 valence electrons. The number of hydrogen-bond acceptors (Lipinski definition) is 3. The maximum atomic E-state index is 6.40. The third-order valence-electron chi connectivity index (χ3n) is 9.45. The predicted molar refractivity (Wildman–Crippen MR) is 194 cm³/mol. The van der Waals surface area contributed by atoms with E-state index in [1.54, 1.807) is 0 Å². The summed E-state index contributed by atoms with van der Waals surface area (Å²) in [5, 5.41) is 9.80. The van der Waals surface area contributed by atoms with Crippen molar-refractivity contribution in [2.45, 2.75) is 0 Å². The molecule has 3 heteroatoms. The first-order valence-corrected chi connectivity index (χ1v) is 15.9. The van der Waals surface area contributed by atoms with Crippen LogP contribution in [0.2, 0.25) is 0 Å². The highest BCUT2D eigenvalue weighted by atomic mass is 16.5. The summed E-state index contributed by atoms with van der Waals surface area (Å²) in [6.07, 6.45) is 0. The van der Waals surface area contributed by atoms with Gasteiger partial charge in [0.1, 0.15) is 11.5 Å². The molecule has 0 unspecified atom stereocenters. The van der Waals surface area contributed by atoms with Gasteiger partial charge in [0.25, 0.3) is 0 Å². The van der Waals surface area contributed by atoms with Crippen LogP contribution in [-0.2, 0) is 0 Å². The van der Waals surface area contributed by atoms with Crippen molar-refractivity contribution in [3.63, 3.8) is 0 Å². The Morgan fingerprint density at radius 2 is 0.957 bits per heavy atom. The van der Waals surface area contributed by atoms with Gasteiger partial charge in [0.05, 0.1) is 11.4 Å². The summed E-state index contributed by atoms with van der Waals surface area (Å²) in [4.78, 5) is 10.3. The monoisotopic (exact) mass is 598 g/mol. The average Bonchev–Trinajstić information content (AvgIpc) is 3.15. The molecular weight excluding hydrogens is 572 g/mol. The van der Waals surface area contributed by atoms with Gasteiger partial charge >= 0.3 is 0 Å². The van der Waals surface area contributed by atoms with Crippen LogP contribution >= 0.6 is 0 Å². The first-order valence-electron chi connectivity index (χ1n) is 15.9. The number of aromatic nitrogens is 2. The van der Waals surface area contributed by atoms with E-state index < -0.39 is 0 Å². The van der Waals surface area contributed by atoms with Gasteiger partial charge in [-0.25, -0.2) is 9.97 Å². The fourth-order valence-corrected chi connectivity index (χ4v) is 7.25. The Kier molecular flexibility index (Phi) is 5.57. The molecule has 3 nitrogen and oxygen atoms in total. The van der Waals surface area contributed by atoms with Gasteiger partial charge < -0.3 is 4.74 Å². The average molecular weight is 599 g/mol. The molecule has 2 heterocycles. The van der Waals surface area contributed by atoms with E-state index in [0.717, 1.165) is 50.5 Å². The second kappa shape index (κ2) is 10.1. The maximum Gasteiger partial charge on any atom is 0.160 e. The van der Waals surface area contributed by atoms with E-state index in [-0.39, 0.29) is 0 Å². The standard InChI is InChI=1S/C44H26N2O/c1-2-10-28(11-3-1)44-45-39(29-20-22-35-33-16-5-4-14-31(33)32-15-6-7-17-34(32)37(35)24-29)26-40(46-44)30-21-23-41-38(25-30)36-18-8-12-27-13-9-19-42(47-41)43(27)36/h1-26H. The Morgan fingerprint density at radius 1 is 0.362 bits per heavy atom. The molecule has 0 aliphatic carbocycles. The number of benzene rings is 8. The van der Waals surface area contributed by atoms with Crippen LogP contribution in [0.1, 0.15) is 0 Å². The van der Waals surface area contributed by atoms with Crippen molar-refractivity contribution < 1.29 is 4.74 Å². The van der Waals surface area contributed by atoms with Gasteiger partial charge in [-0.3, -0.25) is 0 Å². The summed E-state index contributed by atoms with van der Waals surface area (Å²) >= 11 is 0. The molecule has 0 radical (unpaired) electrons. The Labute approximate surface area is 271 Å². The molecule has 0 atom stereocenters. The van der Waals surface area contributed by atoms with Gasteiger partial charge in [0.15, 0.2) is 5.82 Å². The Hall–Kier alpha value is -6.32. The number of fused-ring (bicyclic) bond motifs is 8. The summed E-state index contributed by atoms with van der Waals surface area (Å²) in [7, 11) is 0. The van der Waals surface area contributed by atoms with Crippen LogP contribution in [0, 0.1) is 0 Å². The van der Waals surface area contributed by atoms with E-state index in [0.29, 0.717) is 5.82 Å². The number of rotatable bonds is 3. The molecule has 1 aliphatic rings. The van der Waals surface area contributed by atoms with E-state index in [2.05, 4.69) is 127 Å². The van der Waals surface area contributed by atoms with Crippen molar-refractivity contribution in [1.29, 1.82) is 0 Å². The molecule has 0 amide bonds. The first-order chi connectivity index (χ1) is 23.3. The van der Waals surface area contributed by atoms with Crippen molar-refractivity contribution in [2.75, 3.05) is 0 Å². The third kappa shape index (κ3) is 4.07. The maximum absolute atomic E-state index is 6.40. The Bertz CT molecular complexity index is 2670. The van der Waals surface area contributed by atoms with E-state index in [1.165, 1.54) is 43.3 Å². The van der Waals surface area contributed by atoms with Crippen LogP contribution in [0.25, 0.3) is 88.1 Å². The van der Waals surface area contributed by atoms with Crippen molar-refractivity contribution in [3.05, 3.63) is 158 Å². The molecule has 0 fully saturated rings. The van der Waals surface area contributed by atoms with Gasteiger partial charge in [-0.2, -0.15) is 0 Å². The fraction of sp³-hybridized carbons (Fsp3) is 0. The van der Waals surface area contributed by atoms with Crippen LogP contribution in [0.3, 0.4) is 0 Å². The zero-order valence-electron chi connectivity index (χ0n) is 25.3. The molecule has 9 aromatic rings. The molecule has 1 aliphatic heterocycles. The van der Waals surface area contributed by atoms with E-state index in [4.69, 9.17) is 14.7 Å². The number of ether oxygens (including phenoxy) is 1. The summed E-state index contributed by atoms with van der Waals surface area (Å²) < 4.78 is 6.40. The van der Waals surface area contributed by atoms with Crippen molar-refractivity contribution in [2.24, 2.45) is 0 Å². The van der Waals surface area contributed by atoms with Crippen LogP contribution < -0.4 is 4.74 Å². The molecular formula is C44H26N2O. The van der Waals surface area contributed by atoms with Crippen LogP contribution in [0.5, 0.6) is 11.5 Å². The van der Waals surface area contributed by atoms with Crippen LogP contribution in [-0.4, -0.2) is 9.97 Å². The van der Waals surface area contributed by atoms with Gasteiger partial charge in [-0.1, -0.05) is 121 Å². The van der Waals surface area contributed by atoms with E-state index in [9.17, 15) is 0 Å². The molecule has 10 rings (SSSR count). The zero-order chi connectivity index (χ0) is 30.9. The molecule has 0 saturated carbocycles. The second-order valence-corrected chi connectivity index (χ2v) is 12.2.